The molecule has 0 radical (unpaired) electrons. The summed E-state index contributed by atoms with van der Waals surface area (Å²) in [5.41, 5.74) is 1.95. The maximum Gasteiger partial charge on any atom is 0.322 e. The van der Waals surface area contributed by atoms with Crippen molar-refractivity contribution < 1.29 is 4.79 Å². The Morgan fingerprint density at radius 3 is 2.71 bits per heavy atom. The molecule has 0 atom stereocenters. The van der Waals surface area contributed by atoms with E-state index < -0.39 is 0 Å². The molecule has 1 saturated heterocycles. The topological polar surface area (TPSA) is 77.1 Å². The lowest BCUT2D eigenvalue weighted by molar-refractivity contribution is 0.219. The van der Waals surface area contributed by atoms with Crippen LogP contribution in [0.25, 0.3) is 0 Å². The van der Waals surface area contributed by atoms with Crippen molar-refractivity contribution in [2.75, 3.05) is 30.4 Å². The molecular formula is C17H24N6O. The van der Waals surface area contributed by atoms with E-state index in [0.29, 0.717) is 12.4 Å². The van der Waals surface area contributed by atoms with Gasteiger partial charge in [0, 0.05) is 20.1 Å². The Balaban J connectivity index is 1.68. The second-order valence-corrected chi connectivity index (χ2v) is 6.14. The largest absolute Gasteiger partial charge is 0.370 e. The van der Waals surface area contributed by atoms with Gasteiger partial charge in [-0.25, -0.2) is 9.78 Å². The molecule has 3 rings (SSSR count). The molecule has 0 spiro atoms. The van der Waals surface area contributed by atoms with Crippen molar-refractivity contribution in [3.05, 3.63) is 36.4 Å². The lowest BCUT2D eigenvalue weighted by Gasteiger charge is -2.26. The van der Waals surface area contributed by atoms with Gasteiger partial charge in [0.15, 0.2) is 0 Å². The van der Waals surface area contributed by atoms with Gasteiger partial charge in [-0.2, -0.15) is 5.10 Å². The van der Waals surface area contributed by atoms with Crippen LogP contribution in [0.3, 0.4) is 0 Å². The second-order valence-electron chi connectivity index (χ2n) is 6.14. The van der Waals surface area contributed by atoms with Gasteiger partial charge in [-0.3, -0.25) is 5.10 Å². The van der Waals surface area contributed by atoms with Gasteiger partial charge in [-0.05, 0) is 25.0 Å². The number of urea groups is 1. The van der Waals surface area contributed by atoms with Crippen LogP contribution in [0.15, 0.2) is 30.6 Å². The molecule has 1 aromatic carbocycles. The number of nitrogens with one attached hydrogen (secondary N) is 2. The summed E-state index contributed by atoms with van der Waals surface area (Å²) >= 11 is 0. The van der Waals surface area contributed by atoms with Crippen molar-refractivity contribution in [1.82, 2.24) is 20.1 Å². The van der Waals surface area contributed by atoms with E-state index in [1.165, 1.54) is 32.0 Å². The number of anilines is 2. The normalized spacial score (nSPS) is 15.0. The van der Waals surface area contributed by atoms with Crippen molar-refractivity contribution in [2.24, 2.45) is 0 Å². The van der Waals surface area contributed by atoms with Crippen LogP contribution in [0.5, 0.6) is 0 Å². The molecule has 0 saturated carbocycles. The number of hydrogen-bond acceptors (Lipinski definition) is 4. The molecule has 7 heteroatoms. The van der Waals surface area contributed by atoms with E-state index >= 15 is 0 Å². The highest BCUT2D eigenvalue weighted by Gasteiger charge is 2.16. The average Bonchev–Trinajstić information content (AvgIpc) is 2.95. The highest BCUT2D eigenvalue weighted by Crippen LogP contribution is 2.28. The summed E-state index contributed by atoms with van der Waals surface area (Å²) < 4.78 is 0. The summed E-state index contributed by atoms with van der Waals surface area (Å²) in [6.45, 7) is 2.47. The van der Waals surface area contributed by atoms with Crippen molar-refractivity contribution in [3.8, 4) is 0 Å². The lowest BCUT2D eigenvalue weighted by Crippen LogP contribution is -2.32. The second kappa shape index (κ2) is 7.81. The zero-order chi connectivity index (χ0) is 16.8. The fourth-order valence-electron chi connectivity index (χ4n) is 2.98. The molecular weight excluding hydrogens is 304 g/mol. The van der Waals surface area contributed by atoms with Gasteiger partial charge in [0.2, 0.25) is 0 Å². The van der Waals surface area contributed by atoms with Crippen LogP contribution in [-0.4, -0.2) is 46.2 Å². The lowest BCUT2D eigenvalue weighted by atomic mass is 10.2. The molecule has 2 amide bonds. The molecule has 0 unspecified atom stereocenters. The molecule has 0 bridgehead atoms. The standard InChI is InChI=1S/C17H24N6O/c1-22(12-16-18-13-19-21-16)17(24)20-14-8-4-5-9-15(14)23-10-6-2-3-7-11-23/h4-5,8-9,13H,2-3,6-7,10-12H2,1H3,(H,20,24)(H,18,19,21). The molecule has 128 valence electrons. The number of para-hydroxylation sites is 2. The van der Waals surface area contributed by atoms with Crippen molar-refractivity contribution in [3.63, 3.8) is 0 Å². The first kappa shape index (κ1) is 16.3. The molecule has 1 aromatic heterocycles. The first-order chi connectivity index (χ1) is 11.7. The number of H-pyrrole nitrogens is 1. The zero-order valence-corrected chi connectivity index (χ0v) is 14.0. The number of carbonyl (C=O) groups excluding carboxylic acids is 1. The number of aromatic nitrogens is 3. The molecule has 7 nitrogen and oxygen atoms in total. The Kier molecular flexibility index (Phi) is 5.30. The van der Waals surface area contributed by atoms with Crippen LogP contribution in [0, 0.1) is 0 Å². The van der Waals surface area contributed by atoms with Gasteiger partial charge in [-0.15, -0.1) is 0 Å². The quantitative estimate of drug-likeness (QED) is 0.905. The summed E-state index contributed by atoms with van der Waals surface area (Å²) in [6, 6.07) is 7.85. The van der Waals surface area contributed by atoms with Crippen molar-refractivity contribution in [1.29, 1.82) is 0 Å². The third-order valence-electron chi connectivity index (χ3n) is 4.29. The number of carbonyl (C=O) groups is 1. The van der Waals surface area contributed by atoms with Gasteiger partial charge < -0.3 is 15.1 Å². The molecule has 1 fully saturated rings. The maximum absolute atomic E-state index is 12.5. The Bertz CT molecular complexity index is 649. The van der Waals surface area contributed by atoms with Crippen LogP contribution < -0.4 is 10.2 Å². The highest BCUT2D eigenvalue weighted by atomic mass is 16.2. The minimum absolute atomic E-state index is 0.159. The smallest absolute Gasteiger partial charge is 0.322 e. The molecule has 2 aromatic rings. The van der Waals surface area contributed by atoms with E-state index in [1.54, 1.807) is 11.9 Å². The average molecular weight is 328 g/mol. The molecule has 2 N–H and O–H groups in total. The van der Waals surface area contributed by atoms with E-state index in [2.05, 4.69) is 31.5 Å². The van der Waals surface area contributed by atoms with Crippen molar-refractivity contribution >= 4 is 17.4 Å². The van der Waals surface area contributed by atoms with Gasteiger partial charge in [0.1, 0.15) is 12.2 Å². The zero-order valence-electron chi connectivity index (χ0n) is 14.0. The van der Waals surface area contributed by atoms with Crippen LogP contribution in [-0.2, 0) is 6.54 Å². The van der Waals surface area contributed by atoms with E-state index in [-0.39, 0.29) is 6.03 Å². The Hall–Kier alpha value is -2.57. The van der Waals surface area contributed by atoms with E-state index in [9.17, 15) is 4.79 Å². The Morgan fingerprint density at radius 1 is 1.25 bits per heavy atom. The van der Waals surface area contributed by atoms with Crippen molar-refractivity contribution in [2.45, 2.75) is 32.2 Å². The van der Waals surface area contributed by atoms with Gasteiger partial charge in [0.05, 0.1) is 17.9 Å². The SMILES string of the molecule is CN(Cc1ncn[nH]1)C(=O)Nc1ccccc1N1CCCCCC1. The maximum atomic E-state index is 12.5. The highest BCUT2D eigenvalue weighted by molar-refractivity contribution is 5.93. The summed E-state index contributed by atoms with van der Waals surface area (Å²) in [4.78, 5) is 20.5. The minimum Gasteiger partial charge on any atom is -0.370 e. The van der Waals surface area contributed by atoms with E-state index in [4.69, 9.17) is 0 Å². The summed E-state index contributed by atoms with van der Waals surface area (Å²) in [7, 11) is 1.74. The summed E-state index contributed by atoms with van der Waals surface area (Å²) in [5, 5.41) is 9.59. The van der Waals surface area contributed by atoms with E-state index in [0.717, 1.165) is 24.5 Å². The van der Waals surface area contributed by atoms with Gasteiger partial charge in [0.25, 0.3) is 0 Å². The van der Waals surface area contributed by atoms with Crippen LogP contribution in [0.4, 0.5) is 16.2 Å². The number of benzene rings is 1. The number of rotatable bonds is 4. The summed E-state index contributed by atoms with van der Waals surface area (Å²) in [6.07, 6.45) is 6.41. The minimum atomic E-state index is -0.159. The first-order valence-corrected chi connectivity index (χ1v) is 8.44. The number of hydrogen-bond donors (Lipinski definition) is 2. The molecule has 0 aliphatic carbocycles. The van der Waals surface area contributed by atoms with Crippen LogP contribution >= 0.6 is 0 Å². The number of aromatic amines is 1. The third kappa shape index (κ3) is 4.04. The fraction of sp³-hybridized carbons (Fsp3) is 0.471. The number of nitrogens with zero attached hydrogens (tertiary/aromatic N) is 4. The van der Waals surface area contributed by atoms with Gasteiger partial charge >= 0.3 is 6.03 Å². The molecule has 1 aliphatic rings. The molecule has 1 aliphatic heterocycles. The van der Waals surface area contributed by atoms with Crippen LogP contribution in [0.1, 0.15) is 31.5 Å². The fourth-order valence-corrected chi connectivity index (χ4v) is 2.98. The Labute approximate surface area is 142 Å². The molecule has 2 heterocycles. The first-order valence-electron chi connectivity index (χ1n) is 8.44. The summed E-state index contributed by atoms with van der Waals surface area (Å²) in [5.74, 6) is 0.661. The predicted molar refractivity (Wildman–Crippen MR) is 94.0 cm³/mol. The van der Waals surface area contributed by atoms with E-state index in [1.807, 2.05) is 18.2 Å². The predicted octanol–water partition coefficient (Wildman–Crippen LogP) is 2.85. The van der Waals surface area contributed by atoms with Gasteiger partial charge in [-0.1, -0.05) is 25.0 Å². The molecule has 24 heavy (non-hydrogen) atoms. The van der Waals surface area contributed by atoms with Crippen LogP contribution in [0.2, 0.25) is 0 Å². The Morgan fingerprint density at radius 2 is 2.00 bits per heavy atom. The monoisotopic (exact) mass is 328 g/mol. The number of amides is 2. The third-order valence-corrected chi connectivity index (χ3v) is 4.29.